The second-order valence-electron chi connectivity index (χ2n) is 2.34. The number of nitrogens with one attached hydrogen (secondary N) is 1. The second kappa shape index (κ2) is 3.14. The van der Waals surface area contributed by atoms with E-state index in [1.54, 1.807) is 6.92 Å². The molecule has 1 unspecified atom stereocenters. The lowest BCUT2D eigenvalue weighted by Crippen LogP contribution is -2.48. The molecule has 0 amide bonds. The number of rotatable bonds is 2. The van der Waals surface area contributed by atoms with Gasteiger partial charge < -0.3 is 10.1 Å². The van der Waals surface area contributed by atoms with E-state index in [0.29, 0.717) is 6.42 Å². The van der Waals surface area contributed by atoms with Crippen molar-refractivity contribution < 1.29 is 9.53 Å². The van der Waals surface area contributed by atoms with Gasteiger partial charge in [-0.25, -0.2) is 4.79 Å². The standard InChI is InChI=1S/C6H9N3O2S/c1-3-6(4(10)11-2)7-5(12)8-9-6/h3H2,1-2H3,(H,7,12). The first-order valence-electron chi connectivity index (χ1n) is 3.48. The molecule has 12 heavy (non-hydrogen) atoms. The Kier molecular flexibility index (Phi) is 2.37. The van der Waals surface area contributed by atoms with Crippen LogP contribution in [0.15, 0.2) is 10.2 Å². The predicted molar refractivity (Wildman–Crippen MR) is 45.6 cm³/mol. The van der Waals surface area contributed by atoms with E-state index in [1.807, 2.05) is 0 Å². The maximum atomic E-state index is 11.2. The largest absolute Gasteiger partial charge is 0.466 e. The molecule has 1 heterocycles. The normalized spacial score (nSPS) is 27.0. The lowest BCUT2D eigenvalue weighted by atomic mass is 10.1. The SMILES string of the molecule is CCC1(C(=O)OC)N=NC(=S)N1. The van der Waals surface area contributed by atoms with Gasteiger partial charge in [0.15, 0.2) is 0 Å². The van der Waals surface area contributed by atoms with Gasteiger partial charge in [0.1, 0.15) is 0 Å². The zero-order chi connectivity index (χ0) is 9.19. The summed E-state index contributed by atoms with van der Waals surface area (Å²) >= 11 is 4.72. The minimum absolute atomic E-state index is 0.224. The number of azo groups is 1. The molecule has 1 atom stereocenters. The molecule has 0 radical (unpaired) electrons. The number of hydrogen-bond acceptors (Lipinski definition) is 4. The highest BCUT2D eigenvalue weighted by Gasteiger charge is 2.42. The Labute approximate surface area is 75.2 Å². The Morgan fingerprint density at radius 2 is 2.50 bits per heavy atom. The molecule has 1 aliphatic heterocycles. The van der Waals surface area contributed by atoms with Crippen molar-refractivity contribution in [2.24, 2.45) is 10.2 Å². The first-order chi connectivity index (χ1) is 5.64. The van der Waals surface area contributed by atoms with E-state index in [9.17, 15) is 4.79 Å². The average Bonchev–Trinajstić information content (AvgIpc) is 2.47. The van der Waals surface area contributed by atoms with Crippen molar-refractivity contribution in [1.29, 1.82) is 0 Å². The van der Waals surface area contributed by atoms with Crippen LogP contribution in [-0.4, -0.2) is 23.9 Å². The highest BCUT2D eigenvalue weighted by molar-refractivity contribution is 7.80. The molecule has 5 nitrogen and oxygen atoms in total. The van der Waals surface area contributed by atoms with E-state index in [0.717, 1.165) is 0 Å². The van der Waals surface area contributed by atoms with Crippen molar-refractivity contribution in [2.45, 2.75) is 19.0 Å². The summed E-state index contributed by atoms with van der Waals surface area (Å²) in [6, 6.07) is 0. The molecule has 0 saturated carbocycles. The fourth-order valence-corrected chi connectivity index (χ4v) is 1.13. The van der Waals surface area contributed by atoms with Gasteiger partial charge in [0.2, 0.25) is 10.8 Å². The van der Waals surface area contributed by atoms with Gasteiger partial charge >= 0.3 is 5.97 Å². The van der Waals surface area contributed by atoms with Gasteiger partial charge in [-0.1, -0.05) is 6.92 Å². The van der Waals surface area contributed by atoms with E-state index < -0.39 is 11.6 Å². The molecule has 0 aromatic rings. The van der Waals surface area contributed by atoms with Crippen LogP contribution in [-0.2, 0) is 9.53 Å². The quantitative estimate of drug-likeness (QED) is 0.508. The number of carbonyl (C=O) groups excluding carboxylic acids is 1. The number of nitrogens with zero attached hydrogens (tertiary/aromatic N) is 2. The molecule has 0 fully saturated rings. The summed E-state index contributed by atoms with van der Waals surface area (Å²) < 4.78 is 4.56. The summed E-state index contributed by atoms with van der Waals surface area (Å²) in [5.41, 5.74) is -1.08. The molecule has 0 aromatic heterocycles. The lowest BCUT2D eigenvalue weighted by molar-refractivity contribution is -0.147. The molecule has 1 aliphatic rings. The van der Waals surface area contributed by atoms with Crippen LogP contribution in [0.4, 0.5) is 0 Å². The number of thiocarbonyl (C=S) groups is 1. The van der Waals surface area contributed by atoms with Gasteiger partial charge in [-0.3, -0.25) is 0 Å². The Bertz CT molecular complexity index is 253. The number of esters is 1. The molecule has 0 spiro atoms. The lowest BCUT2D eigenvalue weighted by Gasteiger charge is -2.19. The van der Waals surface area contributed by atoms with E-state index >= 15 is 0 Å². The Morgan fingerprint density at radius 3 is 2.83 bits per heavy atom. The van der Waals surface area contributed by atoms with Crippen LogP contribution in [0.2, 0.25) is 0 Å². The minimum atomic E-state index is -1.08. The second-order valence-corrected chi connectivity index (χ2v) is 2.72. The number of ether oxygens (including phenoxy) is 1. The zero-order valence-corrected chi connectivity index (χ0v) is 7.64. The monoisotopic (exact) mass is 187 g/mol. The van der Waals surface area contributed by atoms with Crippen LogP contribution in [0.1, 0.15) is 13.3 Å². The predicted octanol–water partition coefficient (Wildman–Crippen LogP) is 0.606. The third-order valence-corrected chi connectivity index (χ3v) is 1.84. The fourth-order valence-electron chi connectivity index (χ4n) is 0.922. The molecular formula is C6H9N3O2S. The van der Waals surface area contributed by atoms with Crippen molar-refractivity contribution in [3.8, 4) is 0 Å². The molecule has 1 N–H and O–H groups in total. The maximum Gasteiger partial charge on any atom is 0.356 e. The van der Waals surface area contributed by atoms with Gasteiger partial charge in [0.05, 0.1) is 7.11 Å². The molecule has 0 aliphatic carbocycles. The van der Waals surface area contributed by atoms with Crippen molar-refractivity contribution in [3.63, 3.8) is 0 Å². The Hall–Kier alpha value is -1.04. The van der Waals surface area contributed by atoms with Crippen LogP contribution in [0.25, 0.3) is 0 Å². The van der Waals surface area contributed by atoms with Crippen LogP contribution >= 0.6 is 12.2 Å². The van der Waals surface area contributed by atoms with Crippen molar-refractivity contribution >= 4 is 23.3 Å². The fraction of sp³-hybridized carbons (Fsp3) is 0.667. The zero-order valence-electron chi connectivity index (χ0n) is 6.83. The molecule has 66 valence electrons. The number of carbonyl (C=O) groups is 1. The number of hydrogen-bond donors (Lipinski definition) is 1. The van der Waals surface area contributed by atoms with Gasteiger partial charge in [0.25, 0.3) is 0 Å². The third kappa shape index (κ3) is 1.29. The van der Waals surface area contributed by atoms with E-state index in [-0.39, 0.29) is 5.11 Å². The van der Waals surface area contributed by atoms with Gasteiger partial charge in [-0.2, -0.15) is 0 Å². The first-order valence-corrected chi connectivity index (χ1v) is 3.89. The van der Waals surface area contributed by atoms with E-state index in [2.05, 4.69) is 20.3 Å². The van der Waals surface area contributed by atoms with E-state index in [4.69, 9.17) is 12.2 Å². The van der Waals surface area contributed by atoms with Crippen molar-refractivity contribution in [1.82, 2.24) is 5.32 Å². The molecule has 6 heteroatoms. The van der Waals surface area contributed by atoms with Crippen molar-refractivity contribution in [2.75, 3.05) is 7.11 Å². The summed E-state index contributed by atoms with van der Waals surface area (Å²) in [6.07, 6.45) is 0.462. The van der Waals surface area contributed by atoms with Crippen molar-refractivity contribution in [3.05, 3.63) is 0 Å². The molecule has 1 rings (SSSR count). The first kappa shape index (κ1) is 9.05. The summed E-state index contributed by atoms with van der Waals surface area (Å²) in [7, 11) is 1.30. The average molecular weight is 187 g/mol. The van der Waals surface area contributed by atoms with E-state index in [1.165, 1.54) is 7.11 Å². The highest BCUT2D eigenvalue weighted by atomic mass is 32.1. The smallest absolute Gasteiger partial charge is 0.356 e. The van der Waals surface area contributed by atoms with Crippen LogP contribution in [0, 0.1) is 0 Å². The van der Waals surface area contributed by atoms with Crippen LogP contribution < -0.4 is 5.32 Å². The molecular weight excluding hydrogens is 178 g/mol. The Morgan fingerprint density at radius 1 is 1.83 bits per heavy atom. The third-order valence-electron chi connectivity index (χ3n) is 1.66. The summed E-state index contributed by atoms with van der Waals surface area (Å²) in [6.45, 7) is 1.80. The van der Waals surface area contributed by atoms with Gasteiger partial charge in [-0.05, 0) is 12.2 Å². The van der Waals surface area contributed by atoms with Gasteiger partial charge in [-0.15, -0.1) is 10.2 Å². The maximum absolute atomic E-state index is 11.2. The molecule has 0 saturated heterocycles. The number of methoxy groups -OCH3 is 1. The summed E-state index contributed by atoms with van der Waals surface area (Å²) in [5.74, 6) is -0.464. The topological polar surface area (TPSA) is 63.0 Å². The van der Waals surface area contributed by atoms with Crippen LogP contribution in [0.5, 0.6) is 0 Å². The summed E-state index contributed by atoms with van der Waals surface area (Å²) in [4.78, 5) is 11.2. The Balaban J connectivity index is 2.86. The minimum Gasteiger partial charge on any atom is -0.466 e. The van der Waals surface area contributed by atoms with Gasteiger partial charge in [0, 0.05) is 6.42 Å². The molecule has 0 bridgehead atoms. The molecule has 0 aromatic carbocycles. The summed E-state index contributed by atoms with van der Waals surface area (Å²) in [5, 5.41) is 10.2. The van der Waals surface area contributed by atoms with Crippen LogP contribution in [0.3, 0.4) is 0 Å². The highest BCUT2D eigenvalue weighted by Crippen LogP contribution is 2.19.